The average molecular weight is 352 g/mol. The van der Waals surface area contributed by atoms with Crippen LogP contribution in [0.15, 0.2) is 18.2 Å². The van der Waals surface area contributed by atoms with Gasteiger partial charge in [0, 0.05) is 19.2 Å². The van der Waals surface area contributed by atoms with E-state index in [1.54, 1.807) is 0 Å². The molecule has 25 heavy (non-hydrogen) atoms. The summed E-state index contributed by atoms with van der Waals surface area (Å²) in [5.74, 6) is -2.45. The summed E-state index contributed by atoms with van der Waals surface area (Å²) in [5.41, 5.74) is 0.332. The zero-order valence-corrected chi connectivity index (χ0v) is 14.1. The number of likely N-dealkylation sites (tertiary alicyclic amines) is 1. The highest BCUT2D eigenvalue weighted by Crippen LogP contribution is 2.26. The number of hydrogen-bond acceptors (Lipinski definition) is 4. The topological polar surface area (TPSA) is 95.9 Å². The van der Waals surface area contributed by atoms with Crippen molar-refractivity contribution in [3.63, 3.8) is 0 Å². The number of benzene rings is 1. The standard InChI is InChI=1S/C17H21FN2O5/c1-19-16(22)10-3-5-13(17(23)24)20(9-10)15(21)8-11-7-12(18)4-6-14(11)25-2/h4,6-7,10,13H,3,5,8-9H2,1-2H3,(H,19,22)(H,23,24)/t10-,13-/m0/s1. The number of aliphatic carboxylic acids is 1. The van der Waals surface area contributed by atoms with E-state index in [4.69, 9.17) is 4.74 Å². The van der Waals surface area contributed by atoms with Crippen LogP contribution in [0, 0.1) is 11.7 Å². The SMILES string of the molecule is CNC(=O)[C@H]1CC[C@@H](C(=O)O)N(C(=O)Cc2cc(F)ccc2OC)C1. The average Bonchev–Trinajstić information content (AvgIpc) is 2.60. The number of carbonyl (C=O) groups is 3. The fraction of sp³-hybridized carbons (Fsp3) is 0.471. The maximum Gasteiger partial charge on any atom is 0.326 e. The predicted octanol–water partition coefficient (Wildman–Crippen LogP) is 0.815. The van der Waals surface area contributed by atoms with Gasteiger partial charge in [-0.2, -0.15) is 0 Å². The van der Waals surface area contributed by atoms with E-state index in [2.05, 4.69) is 5.32 Å². The summed E-state index contributed by atoms with van der Waals surface area (Å²) in [4.78, 5) is 37.2. The molecule has 8 heteroatoms. The van der Waals surface area contributed by atoms with Crippen LogP contribution < -0.4 is 10.1 Å². The predicted molar refractivity (Wildman–Crippen MR) is 86.6 cm³/mol. The van der Waals surface area contributed by atoms with Crippen LogP contribution in [0.25, 0.3) is 0 Å². The molecule has 1 saturated heterocycles. The normalized spacial score (nSPS) is 20.0. The van der Waals surface area contributed by atoms with Crippen LogP contribution in [0.3, 0.4) is 0 Å². The van der Waals surface area contributed by atoms with Crippen molar-refractivity contribution in [2.24, 2.45) is 5.92 Å². The Morgan fingerprint density at radius 2 is 2.08 bits per heavy atom. The van der Waals surface area contributed by atoms with Gasteiger partial charge in [0.05, 0.1) is 19.4 Å². The van der Waals surface area contributed by atoms with Gasteiger partial charge in [0.1, 0.15) is 17.6 Å². The fourth-order valence-electron chi connectivity index (χ4n) is 3.07. The summed E-state index contributed by atoms with van der Waals surface area (Å²) in [6.45, 7) is 0.0209. The zero-order chi connectivity index (χ0) is 18.6. The van der Waals surface area contributed by atoms with Crippen LogP contribution in [0.5, 0.6) is 5.75 Å². The molecular formula is C17H21FN2O5. The Kier molecular flexibility index (Phi) is 5.95. The molecule has 136 valence electrons. The molecule has 1 aromatic rings. The highest BCUT2D eigenvalue weighted by molar-refractivity contribution is 5.87. The molecule has 7 nitrogen and oxygen atoms in total. The lowest BCUT2D eigenvalue weighted by atomic mass is 9.91. The number of carbonyl (C=O) groups excluding carboxylic acids is 2. The third kappa shape index (κ3) is 4.26. The number of ether oxygens (including phenoxy) is 1. The second-order valence-corrected chi connectivity index (χ2v) is 5.92. The summed E-state index contributed by atoms with van der Waals surface area (Å²) in [7, 11) is 2.90. The number of nitrogens with one attached hydrogen (secondary N) is 1. The molecule has 0 bridgehead atoms. The van der Waals surface area contributed by atoms with Gasteiger partial charge in [0.15, 0.2) is 0 Å². The number of amides is 2. The van der Waals surface area contributed by atoms with Gasteiger partial charge >= 0.3 is 5.97 Å². The maximum atomic E-state index is 13.5. The van der Waals surface area contributed by atoms with Gasteiger partial charge in [-0.25, -0.2) is 9.18 Å². The Labute approximate surface area is 144 Å². The van der Waals surface area contributed by atoms with Gasteiger partial charge in [-0.3, -0.25) is 9.59 Å². The number of halogens is 1. The molecule has 1 fully saturated rings. The molecule has 2 N–H and O–H groups in total. The second-order valence-electron chi connectivity index (χ2n) is 5.92. The van der Waals surface area contributed by atoms with Crippen molar-refractivity contribution in [2.75, 3.05) is 20.7 Å². The number of rotatable bonds is 5. The van der Waals surface area contributed by atoms with E-state index in [-0.39, 0.29) is 25.3 Å². The third-order valence-electron chi connectivity index (χ3n) is 4.39. The Balaban J connectivity index is 2.22. The molecular weight excluding hydrogens is 331 g/mol. The summed E-state index contributed by atoms with van der Waals surface area (Å²) in [5, 5.41) is 11.9. The van der Waals surface area contributed by atoms with E-state index in [9.17, 15) is 23.9 Å². The summed E-state index contributed by atoms with van der Waals surface area (Å²) in [6.07, 6.45) is 0.383. The summed E-state index contributed by atoms with van der Waals surface area (Å²) >= 11 is 0. The molecule has 0 aliphatic carbocycles. The minimum atomic E-state index is -1.12. The molecule has 2 amide bonds. The minimum absolute atomic E-state index is 0.0209. The van der Waals surface area contributed by atoms with E-state index in [0.717, 1.165) is 0 Å². The fourth-order valence-corrected chi connectivity index (χ4v) is 3.07. The van der Waals surface area contributed by atoms with Crippen molar-refractivity contribution < 1.29 is 28.6 Å². The molecule has 0 spiro atoms. The summed E-state index contributed by atoms with van der Waals surface area (Å²) in [6, 6.07) is 2.83. The lowest BCUT2D eigenvalue weighted by Gasteiger charge is -2.37. The van der Waals surface area contributed by atoms with Crippen LogP contribution in [0.1, 0.15) is 18.4 Å². The van der Waals surface area contributed by atoms with Crippen molar-refractivity contribution >= 4 is 17.8 Å². The molecule has 0 saturated carbocycles. The molecule has 0 unspecified atom stereocenters. The number of carboxylic acid groups (broad SMARTS) is 1. The van der Waals surface area contributed by atoms with Crippen molar-refractivity contribution in [2.45, 2.75) is 25.3 Å². The number of carboxylic acids is 1. The zero-order valence-electron chi connectivity index (χ0n) is 14.1. The van der Waals surface area contributed by atoms with E-state index in [1.807, 2.05) is 0 Å². The minimum Gasteiger partial charge on any atom is -0.496 e. The Hall–Kier alpha value is -2.64. The first-order valence-corrected chi connectivity index (χ1v) is 7.93. The maximum absolute atomic E-state index is 13.5. The van der Waals surface area contributed by atoms with Crippen molar-refractivity contribution in [3.05, 3.63) is 29.6 Å². The lowest BCUT2D eigenvalue weighted by molar-refractivity contribution is -0.154. The molecule has 2 rings (SSSR count). The molecule has 2 atom stereocenters. The van der Waals surface area contributed by atoms with Crippen LogP contribution in [-0.4, -0.2) is 54.5 Å². The first kappa shape index (κ1) is 18.7. The van der Waals surface area contributed by atoms with Gasteiger partial charge in [0.2, 0.25) is 11.8 Å². The first-order valence-electron chi connectivity index (χ1n) is 7.93. The highest BCUT2D eigenvalue weighted by Gasteiger charge is 2.38. The summed E-state index contributed by atoms with van der Waals surface area (Å²) < 4.78 is 18.6. The number of methoxy groups -OCH3 is 1. The van der Waals surface area contributed by atoms with Crippen molar-refractivity contribution in [1.82, 2.24) is 10.2 Å². The van der Waals surface area contributed by atoms with Gasteiger partial charge in [0.25, 0.3) is 0 Å². The third-order valence-corrected chi connectivity index (χ3v) is 4.39. The van der Waals surface area contributed by atoms with Crippen LogP contribution >= 0.6 is 0 Å². The quantitative estimate of drug-likeness (QED) is 0.818. The van der Waals surface area contributed by atoms with E-state index in [0.29, 0.717) is 17.7 Å². The molecule has 1 heterocycles. The molecule has 1 aliphatic heterocycles. The largest absolute Gasteiger partial charge is 0.496 e. The van der Waals surface area contributed by atoms with Gasteiger partial charge in [-0.15, -0.1) is 0 Å². The van der Waals surface area contributed by atoms with Gasteiger partial charge < -0.3 is 20.1 Å². The van der Waals surface area contributed by atoms with Crippen LogP contribution in [0.2, 0.25) is 0 Å². The molecule has 1 aliphatic rings. The molecule has 0 aromatic heterocycles. The van der Waals surface area contributed by atoms with E-state index < -0.39 is 29.7 Å². The van der Waals surface area contributed by atoms with Crippen molar-refractivity contribution in [1.29, 1.82) is 0 Å². The first-order chi connectivity index (χ1) is 11.9. The molecule has 0 radical (unpaired) electrons. The smallest absolute Gasteiger partial charge is 0.326 e. The number of hydrogen-bond donors (Lipinski definition) is 2. The van der Waals surface area contributed by atoms with E-state index in [1.165, 1.54) is 37.3 Å². The van der Waals surface area contributed by atoms with Crippen LogP contribution in [0.4, 0.5) is 4.39 Å². The van der Waals surface area contributed by atoms with E-state index >= 15 is 0 Å². The second kappa shape index (κ2) is 7.96. The molecule has 1 aromatic carbocycles. The highest BCUT2D eigenvalue weighted by atomic mass is 19.1. The van der Waals surface area contributed by atoms with Gasteiger partial charge in [-0.1, -0.05) is 0 Å². The van der Waals surface area contributed by atoms with Gasteiger partial charge in [-0.05, 0) is 31.0 Å². The monoisotopic (exact) mass is 352 g/mol. The Bertz CT molecular complexity index is 679. The Morgan fingerprint density at radius 1 is 1.36 bits per heavy atom. The van der Waals surface area contributed by atoms with Crippen LogP contribution in [-0.2, 0) is 20.8 Å². The van der Waals surface area contributed by atoms with Crippen molar-refractivity contribution in [3.8, 4) is 5.75 Å². The lowest BCUT2D eigenvalue weighted by Crippen LogP contribution is -2.53. The number of nitrogens with zero attached hydrogens (tertiary/aromatic N) is 1. The number of piperidine rings is 1. The Morgan fingerprint density at radius 3 is 2.68 bits per heavy atom.